The molecule has 7 heteroatoms. The Kier molecular flexibility index (Phi) is 5.50. The van der Waals surface area contributed by atoms with Crippen LogP contribution in [0, 0.1) is 5.82 Å². The van der Waals surface area contributed by atoms with Gasteiger partial charge in [0, 0.05) is 12.1 Å². The average Bonchev–Trinajstić information content (AvgIpc) is 2.26. The summed E-state index contributed by atoms with van der Waals surface area (Å²) in [6.07, 6.45) is 0.488. The van der Waals surface area contributed by atoms with Crippen molar-refractivity contribution in [1.82, 2.24) is 4.72 Å². The minimum atomic E-state index is -3.76. The summed E-state index contributed by atoms with van der Waals surface area (Å²) >= 11 is 0. The van der Waals surface area contributed by atoms with E-state index < -0.39 is 21.6 Å². The van der Waals surface area contributed by atoms with Gasteiger partial charge in [0.2, 0.25) is 0 Å². The highest BCUT2D eigenvalue weighted by atomic mass is 32.2. The third-order valence-electron chi connectivity index (χ3n) is 2.39. The fourth-order valence-corrected chi connectivity index (χ4v) is 3.34. The van der Waals surface area contributed by atoms with Crippen LogP contribution in [0.3, 0.4) is 0 Å². The molecule has 0 atom stereocenters. The Hall–Kier alpha value is -1.18. The molecular weight excluding hydrogens is 281 g/mol. The monoisotopic (exact) mass is 303 g/mol. The minimum absolute atomic E-state index is 0.200. The van der Waals surface area contributed by atoms with Crippen molar-refractivity contribution in [3.8, 4) is 0 Å². The Morgan fingerprint density at radius 1 is 1.35 bits per heavy atom. The largest absolute Gasteiger partial charge is 0.330 e. The number of nitrogens with one attached hydrogen (secondary N) is 1. The molecule has 3 N–H and O–H groups in total. The van der Waals surface area contributed by atoms with Crippen molar-refractivity contribution in [3.05, 3.63) is 30.1 Å². The topological polar surface area (TPSA) is 75.4 Å². The Balaban J connectivity index is 3.12. The third kappa shape index (κ3) is 5.07. The number of anilines is 1. The first kappa shape index (κ1) is 16.9. The molecule has 0 amide bonds. The molecule has 0 aromatic heterocycles. The highest BCUT2D eigenvalue weighted by Crippen LogP contribution is 2.20. The summed E-state index contributed by atoms with van der Waals surface area (Å²) in [5.74, 6) is -0.480. The van der Waals surface area contributed by atoms with E-state index in [1.165, 1.54) is 18.2 Å². The number of hydrogen-bond donors (Lipinski definition) is 2. The molecule has 5 nitrogen and oxygen atoms in total. The molecule has 1 aromatic carbocycles. The van der Waals surface area contributed by atoms with Crippen molar-refractivity contribution in [2.45, 2.75) is 32.7 Å². The molecule has 0 bridgehead atoms. The molecule has 0 fully saturated rings. The van der Waals surface area contributed by atoms with Gasteiger partial charge in [-0.1, -0.05) is 6.07 Å². The summed E-state index contributed by atoms with van der Waals surface area (Å²) in [6, 6.07) is 5.50. The first-order valence-electron chi connectivity index (χ1n) is 6.43. The van der Waals surface area contributed by atoms with E-state index in [0.717, 1.165) is 4.31 Å². The van der Waals surface area contributed by atoms with Gasteiger partial charge in [-0.3, -0.25) is 4.31 Å². The molecule has 20 heavy (non-hydrogen) atoms. The minimum Gasteiger partial charge on any atom is -0.330 e. The van der Waals surface area contributed by atoms with Gasteiger partial charge in [-0.15, -0.1) is 0 Å². The lowest BCUT2D eigenvalue weighted by Gasteiger charge is -2.29. The van der Waals surface area contributed by atoms with Crippen LogP contribution >= 0.6 is 0 Å². The number of halogens is 1. The standard InChI is InChI=1S/C13H22FN3O2S/c1-13(2,3)16-20(18,19)17(9-5-8-15)12-7-4-6-11(14)10-12/h4,6-7,10,16H,5,8-9,15H2,1-3H3. The van der Waals surface area contributed by atoms with Crippen LogP contribution in [-0.2, 0) is 10.2 Å². The number of hydrogen-bond acceptors (Lipinski definition) is 3. The summed E-state index contributed by atoms with van der Waals surface area (Å²) in [5.41, 5.74) is 5.11. The van der Waals surface area contributed by atoms with E-state index in [0.29, 0.717) is 13.0 Å². The summed E-state index contributed by atoms with van der Waals surface area (Å²) in [7, 11) is -3.76. The third-order valence-corrected chi connectivity index (χ3v) is 4.23. The number of rotatable bonds is 6. The van der Waals surface area contributed by atoms with E-state index in [4.69, 9.17) is 5.73 Å². The number of nitrogens with two attached hydrogens (primary N) is 1. The molecule has 0 spiro atoms. The molecule has 0 unspecified atom stereocenters. The van der Waals surface area contributed by atoms with Gasteiger partial charge in [0.1, 0.15) is 5.82 Å². The highest BCUT2D eigenvalue weighted by Gasteiger charge is 2.27. The molecular formula is C13H22FN3O2S. The van der Waals surface area contributed by atoms with Crippen LogP contribution in [0.4, 0.5) is 10.1 Å². The molecule has 0 saturated heterocycles. The molecule has 0 aliphatic carbocycles. The van der Waals surface area contributed by atoms with Crippen LogP contribution in [0.1, 0.15) is 27.2 Å². The Bertz CT molecular complexity index is 541. The van der Waals surface area contributed by atoms with Crippen molar-refractivity contribution in [2.75, 3.05) is 17.4 Å². The van der Waals surface area contributed by atoms with E-state index in [-0.39, 0.29) is 12.2 Å². The first-order chi connectivity index (χ1) is 9.15. The zero-order chi connectivity index (χ0) is 15.4. The Morgan fingerprint density at radius 2 is 2.00 bits per heavy atom. The normalized spacial score (nSPS) is 12.4. The maximum atomic E-state index is 13.3. The van der Waals surface area contributed by atoms with Crippen LogP contribution in [-0.4, -0.2) is 27.0 Å². The van der Waals surface area contributed by atoms with Crippen LogP contribution in [0.25, 0.3) is 0 Å². The fourth-order valence-electron chi connectivity index (χ4n) is 1.70. The van der Waals surface area contributed by atoms with Crippen molar-refractivity contribution < 1.29 is 12.8 Å². The lowest BCUT2D eigenvalue weighted by Crippen LogP contribution is -2.49. The van der Waals surface area contributed by atoms with E-state index >= 15 is 0 Å². The van der Waals surface area contributed by atoms with E-state index in [9.17, 15) is 12.8 Å². The lowest BCUT2D eigenvalue weighted by atomic mass is 10.1. The van der Waals surface area contributed by atoms with Crippen molar-refractivity contribution in [2.24, 2.45) is 5.73 Å². The summed E-state index contributed by atoms with van der Waals surface area (Å²) in [5, 5.41) is 0. The van der Waals surface area contributed by atoms with Crippen molar-refractivity contribution in [3.63, 3.8) is 0 Å². The summed E-state index contributed by atoms with van der Waals surface area (Å²) in [6.45, 7) is 5.80. The van der Waals surface area contributed by atoms with E-state index in [2.05, 4.69) is 4.72 Å². The van der Waals surface area contributed by atoms with E-state index in [1.54, 1.807) is 26.8 Å². The van der Waals surface area contributed by atoms with Crippen molar-refractivity contribution >= 4 is 15.9 Å². The summed E-state index contributed by atoms with van der Waals surface area (Å²) < 4.78 is 41.8. The molecule has 114 valence electrons. The number of nitrogens with zero attached hydrogens (tertiary/aromatic N) is 1. The fraction of sp³-hybridized carbons (Fsp3) is 0.538. The van der Waals surface area contributed by atoms with Gasteiger partial charge in [-0.25, -0.2) is 4.39 Å². The van der Waals surface area contributed by atoms with Gasteiger partial charge in [0.05, 0.1) is 5.69 Å². The van der Waals surface area contributed by atoms with Gasteiger partial charge in [0.15, 0.2) is 0 Å². The van der Waals surface area contributed by atoms with Gasteiger partial charge in [-0.05, 0) is 51.9 Å². The van der Waals surface area contributed by atoms with E-state index in [1.807, 2.05) is 0 Å². The second-order valence-corrected chi connectivity index (χ2v) is 7.15. The predicted octanol–water partition coefficient (Wildman–Crippen LogP) is 1.61. The smallest absolute Gasteiger partial charge is 0.302 e. The predicted molar refractivity (Wildman–Crippen MR) is 79.2 cm³/mol. The maximum absolute atomic E-state index is 13.3. The van der Waals surface area contributed by atoms with Gasteiger partial charge < -0.3 is 5.73 Å². The van der Waals surface area contributed by atoms with Gasteiger partial charge >= 0.3 is 10.2 Å². The zero-order valence-electron chi connectivity index (χ0n) is 12.1. The molecule has 0 saturated carbocycles. The van der Waals surface area contributed by atoms with Crippen molar-refractivity contribution in [1.29, 1.82) is 0 Å². The number of benzene rings is 1. The first-order valence-corrected chi connectivity index (χ1v) is 7.87. The second-order valence-electron chi connectivity index (χ2n) is 5.55. The summed E-state index contributed by atoms with van der Waals surface area (Å²) in [4.78, 5) is 0. The lowest BCUT2D eigenvalue weighted by molar-refractivity contribution is 0.488. The maximum Gasteiger partial charge on any atom is 0.302 e. The molecule has 0 aliphatic heterocycles. The Labute approximate surface area is 120 Å². The zero-order valence-corrected chi connectivity index (χ0v) is 12.9. The van der Waals surface area contributed by atoms with Crippen LogP contribution in [0.2, 0.25) is 0 Å². The van der Waals surface area contributed by atoms with Crippen LogP contribution in [0.15, 0.2) is 24.3 Å². The van der Waals surface area contributed by atoms with Gasteiger partial charge in [0.25, 0.3) is 0 Å². The molecule has 0 aliphatic rings. The van der Waals surface area contributed by atoms with Crippen LogP contribution in [0.5, 0.6) is 0 Å². The second kappa shape index (κ2) is 6.51. The van der Waals surface area contributed by atoms with Crippen LogP contribution < -0.4 is 14.8 Å². The quantitative estimate of drug-likeness (QED) is 0.838. The Morgan fingerprint density at radius 3 is 2.50 bits per heavy atom. The van der Waals surface area contributed by atoms with Gasteiger partial charge in [-0.2, -0.15) is 13.1 Å². The molecule has 0 heterocycles. The molecule has 1 rings (SSSR count). The molecule has 0 radical (unpaired) electrons. The highest BCUT2D eigenvalue weighted by molar-refractivity contribution is 7.90. The average molecular weight is 303 g/mol. The SMILES string of the molecule is CC(C)(C)NS(=O)(=O)N(CCCN)c1cccc(F)c1. The molecule has 1 aromatic rings.